The van der Waals surface area contributed by atoms with E-state index in [9.17, 15) is 14.4 Å². The van der Waals surface area contributed by atoms with Gasteiger partial charge in [-0.3, -0.25) is 14.5 Å². The smallest absolute Gasteiger partial charge is 0.410 e. The number of ether oxygens (including phenoxy) is 1. The van der Waals surface area contributed by atoms with Crippen LogP contribution in [0.1, 0.15) is 19.4 Å². The summed E-state index contributed by atoms with van der Waals surface area (Å²) in [5.74, 6) is -0.310. The maximum atomic E-state index is 12.1. The summed E-state index contributed by atoms with van der Waals surface area (Å²) in [7, 11) is 0. The summed E-state index contributed by atoms with van der Waals surface area (Å²) in [6, 6.07) is 8.80. The highest BCUT2D eigenvalue weighted by molar-refractivity contribution is 6.04. The zero-order chi connectivity index (χ0) is 16.8. The topological polar surface area (TPSA) is 66.9 Å². The molecule has 6 nitrogen and oxygen atoms in total. The quantitative estimate of drug-likeness (QED) is 0.770. The summed E-state index contributed by atoms with van der Waals surface area (Å²) >= 11 is 0. The van der Waals surface area contributed by atoms with Crippen LogP contribution in [0, 0.1) is 0 Å². The molecule has 1 saturated heterocycles. The van der Waals surface area contributed by atoms with Gasteiger partial charge in [0.25, 0.3) is 0 Å². The molecular weight excluding hydrogens is 296 g/mol. The maximum absolute atomic E-state index is 12.1. The summed E-state index contributed by atoms with van der Waals surface area (Å²) in [5.41, 5.74) is 0.938. The van der Waals surface area contributed by atoms with Gasteiger partial charge in [0, 0.05) is 26.2 Å². The lowest BCUT2D eigenvalue weighted by molar-refractivity contribution is -0.133. The molecule has 0 aliphatic carbocycles. The first-order valence-electron chi connectivity index (χ1n) is 7.69. The van der Waals surface area contributed by atoms with Crippen LogP contribution in [0.15, 0.2) is 30.3 Å². The van der Waals surface area contributed by atoms with E-state index in [2.05, 4.69) is 0 Å². The number of hydrogen-bond donors (Lipinski definition) is 0. The average Bonchev–Trinajstić information content (AvgIpc) is 2.53. The molecule has 1 aromatic rings. The van der Waals surface area contributed by atoms with Crippen LogP contribution in [0.4, 0.5) is 4.79 Å². The molecule has 0 N–H and O–H groups in total. The number of nitrogens with zero attached hydrogens (tertiary/aromatic N) is 2. The first kappa shape index (κ1) is 17.1. The van der Waals surface area contributed by atoms with Crippen LogP contribution in [-0.4, -0.2) is 59.7 Å². The van der Waals surface area contributed by atoms with Crippen LogP contribution in [-0.2, 0) is 20.9 Å². The minimum atomic E-state index is -0.697. The molecule has 1 fully saturated rings. The van der Waals surface area contributed by atoms with E-state index < -0.39 is 6.04 Å². The summed E-state index contributed by atoms with van der Waals surface area (Å²) in [6.07, 6.45) is -0.365. The van der Waals surface area contributed by atoms with Crippen LogP contribution in [0.25, 0.3) is 0 Å². The zero-order valence-electron chi connectivity index (χ0n) is 13.5. The third-order valence-electron chi connectivity index (χ3n) is 3.91. The van der Waals surface area contributed by atoms with Gasteiger partial charge in [-0.25, -0.2) is 4.79 Å². The third-order valence-corrected chi connectivity index (χ3v) is 3.91. The van der Waals surface area contributed by atoms with Gasteiger partial charge >= 0.3 is 6.09 Å². The van der Waals surface area contributed by atoms with Crippen molar-refractivity contribution in [3.05, 3.63) is 35.9 Å². The van der Waals surface area contributed by atoms with Crippen molar-refractivity contribution >= 4 is 17.7 Å². The first-order valence-corrected chi connectivity index (χ1v) is 7.69. The lowest BCUT2D eigenvalue weighted by atomic mass is 10.1. The maximum Gasteiger partial charge on any atom is 0.410 e. The van der Waals surface area contributed by atoms with Gasteiger partial charge in [-0.2, -0.15) is 0 Å². The molecule has 23 heavy (non-hydrogen) atoms. The Kier molecular flexibility index (Phi) is 5.87. The third kappa shape index (κ3) is 4.63. The molecule has 0 saturated carbocycles. The predicted molar refractivity (Wildman–Crippen MR) is 84.9 cm³/mol. The van der Waals surface area contributed by atoms with Crippen molar-refractivity contribution < 1.29 is 19.1 Å². The fourth-order valence-electron chi connectivity index (χ4n) is 2.77. The molecule has 6 heteroatoms. The summed E-state index contributed by atoms with van der Waals surface area (Å²) in [5, 5.41) is 0. The van der Waals surface area contributed by atoms with Crippen LogP contribution in [0.2, 0.25) is 0 Å². The Morgan fingerprint density at radius 3 is 2.09 bits per heavy atom. The van der Waals surface area contributed by atoms with Crippen molar-refractivity contribution in [2.24, 2.45) is 0 Å². The van der Waals surface area contributed by atoms with Gasteiger partial charge in [-0.15, -0.1) is 0 Å². The highest BCUT2D eigenvalue weighted by atomic mass is 16.6. The number of benzene rings is 1. The number of carbonyl (C=O) groups excluding carboxylic acids is 3. The van der Waals surface area contributed by atoms with Gasteiger partial charge in [0.1, 0.15) is 12.6 Å². The van der Waals surface area contributed by atoms with Crippen molar-refractivity contribution in [1.29, 1.82) is 0 Å². The molecule has 1 aliphatic heterocycles. The molecule has 0 bridgehead atoms. The number of rotatable bonds is 5. The van der Waals surface area contributed by atoms with Gasteiger partial charge in [-0.1, -0.05) is 30.3 Å². The number of piperazine rings is 1. The lowest BCUT2D eigenvalue weighted by Crippen LogP contribution is -2.55. The van der Waals surface area contributed by atoms with E-state index in [-0.39, 0.29) is 24.3 Å². The first-order chi connectivity index (χ1) is 11.0. The highest BCUT2D eigenvalue weighted by Crippen LogP contribution is 2.11. The van der Waals surface area contributed by atoms with Gasteiger partial charge in [0.15, 0.2) is 11.6 Å². The lowest BCUT2D eigenvalue weighted by Gasteiger charge is -2.36. The predicted octanol–water partition coefficient (Wildman–Crippen LogP) is 1.49. The molecule has 1 aliphatic rings. The fraction of sp³-hybridized carbons (Fsp3) is 0.471. The van der Waals surface area contributed by atoms with Crippen molar-refractivity contribution in [3.8, 4) is 0 Å². The Morgan fingerprint density at radius 1 is 1.00 bits per heavy atom. The Hall–Kier alpha value is -2.21. The minimum absolute atomic E-state index is 0.155. The fourth-order valence-corrected chi connectivity index (χ4v) is 2.77. The standard InChI is InChI=1S/C17H22N2O4/c1-13(20)16(14(2)21)18-8-10-19(11-9-18)17(22)23-12-15-6-4-3-5-7-15/h3-7,16H,8-12H2,1-2H3. The van der Waals surface area contributed by atoms with Crippen LogP contribution in [0.3, 0.4) is 0 Å². The van der Waals surface area contributed by atoms with Crippen LogP contribution < -0.4 is 0 Å². The molecule has 2 rings (SSSR count). The monoisotopic (exact) mass is 318 g/mol. The molecule has 1 amide bonds. The van der Waals surface area contributed by atoms with Crippen LogP contribution in [0.5, 0.6) is 0 Å². The molecule has 0 atom stereocenters. The second kappa shape index (κ2) is 7.87. The second-order valence-electron chi connectivity index (χ2n) is 5.69. The van der Waals surface area contributed by atoms with Gasteiger partial charge < -0.3 is 9.64 Å². The molecule has 0 spiro atoms. The van der Waals surface area contributed by atoms with Gasteiger partial charge in [0.2, 0.25) is 0 Å². The van der Waals surface area contributed by atoms with E-state index >= 15 is 0 Å². The number of amides is 1. The molecule has 0 aromatic heterocycles. The van der Waals surface area contributed by atoms with E-state index in [0.717, 1.165) is 5.56 Å². The Balaban J connectivity index is 1.82. The van der Waals surface area contributed by atoms with Crippen molar-refractivity contribution in [3.63, 3.8) is 0 Å². The normalized spacial score (nSPS) is 15.5. The van der Waals surface area contributed by atoms with Gasteiger partial charge in [0.05, 0.1) is 0 Å². The molecule has 0 radical (unpaired) electrons. The van der Waals surface area contributed by atoms with Crippen LogP contribution >= 0.6 is 0 Å². The Morgan fingerprint density at radius 2 is 1.57 bits per heavy atom. The second-order valence-corrected chi connectivity index (χ2v) is 5.69. The molecule has 1 aromatic carbocycles. The van der Waals surface area contributed by atoms with E-state index in [0.29, 0.717) is 26.2 Å². The molecule has 124 valence electrons. The molecule has 1 heterocycles. The molecular formula is C17H22N2O4. The average molecular weight is 318 g/mol. The van der Waals surface area contributed by atoms with E-state index in [1.54, 1.807) is 4.90 Å². The van der Waals surface area contributed by atoms with Crippen molar-refractivity contribution in [2.75, 3.05) is 26.2 Å². The summed E-state index contributed by atoms with van der Waals surface area (Å²) < 4.78 is 5.29. The zero-order valence-corrected chi connectivity index (χ0v) is 13.5. The Bertz CT molecular complexity index is 551. The largest absolute Gasteiger partial charge is 0.445 e. The SMILES string of the molecule is CC(=O)C(C(C)=O)N1CCN(C(=O)OCc2ccccc2)CC1. The van der Waals surface area contributed by atoms with Crippen molar-refractivity contribution in [1.82, 2.24) is 9.80 Å². The number of carbonyl (C=O) groups is 3. The highest BCUT2D eigenvalue weighted by Gasteiger charge is 2.31. The number of ketones is 2. The summed E-state index contributed by atoms with van der Waals surface area (Å²) in [6.45, 7) is 4.96. The van der Waals surface area contributed by atoms with E-state index in [1.165, 1.54) is 13.8 Å². The van der Waals surface area contributed by atoms with Gasteiger partial charge in [-0.05, 0) is 19.4 Å². The number of Topliss-reactive ketones (excluding diaryl/α,β-unsaturated/α-hetero) is 2. The summed E-state index contributed by atoms with van der Waals surface area (Å²) in [4.78, 5) is 38.7. The Labute approximate surface area is 136 Å². The number of hydrogen-bond acceptors (Lipinski definition) is 5. The molecule has 0 unspecified atom stereocenters. The minimum Gasteiger partial charge on any atom is -0.445 e. The van der Waals surface area contributed by atoms with Crippen molar-refractivity contribution in [2.45, 2.75) is 26.5 Å². The van der Waals surface area contributed by atoms with E-state index in [1.807, 2.05) is 35.2 Å². The van der Waals surface area contributed by atoms with E-state index in [4.69, 9.17) is 4.74 Å².